The van der Waals surface area contributed by atoms with Gasteiger partial charge >= 0.3 is 5.97 Å². The Morgan fingerprint density at radius 1 is 1.09 bits per heavy atom. The third-order valence-corrected chi connectivity index (χ3v) is 3.64. The van der Waals surface area contributed by atoms with Gasteiger partial charge < -0.3 is 10.5 Å². The van der Waals surface area contributed by atoms with E-state index < -0.39 is 5.97 Å². The lowest BCUT2D eigenvalue weighted by Crippen LogP contribution is -2.05. The number of esters is 1. The van der Waals surface area contributed by atoms with Gasteiger partial charge in [-0.2, -0.15) is 5.10 Å². The third-order valence-electron chi connectivity index (χ3n) is 3.64. The first-order chi connectivity index (χ1) is 11.1. The van der Waals surface area contributed by atoms with Crippen LogP contribution in [0.3, 0.4) is 0 Å². The minimum Gasteiger partial charge on any atom is -0.464 e. The minimum absolute atomic E-state index is 0.205. The van der Waals surface area contributed by atoms with E-state index in [0.717, 1.165) is 16.8 Å². The van der Waals surface area contributed by atoms with E-state index in [-0.39, 0.29) is 5.69 Å². The van der Waals surface area contributed by atoms with Crippen LogP contribution in [0.2, 0.25) is 0 Å². The summed E-state index contributed by atoms with van der Waals surface area (Å²) in [6.45, 7) is 2.01. The maximum absolute atomic E-state index is 12.1. The highest BCUT2D eigenvalue weighted by Gasteiger charge is 2.23. The van der Waals surface area contributed by atoms with E-state index in [0.29, 0.717) is 11.4 Å². The standard InChI is InChI=1S/C18H17N3O2/c1-12-8-10-14(11-9-12)21-17(19)15(13-6-4-3-5-7-13)16(20-21)18(22)23-2/h3-11H,19H2,1-2H3. The molecule has 2 aromatic carbocycles. The van der Waals surface area contributed by atoms with E-state index in [1.54, 1.807) is 4.68 Å². The zero-order chi connectivity index (χ0) is 16.4. The summed E-state index contributed by atoms with van der Waals surface area (Å²) < 4.78 is 6.41. The van der Waals surface area contributed by atoms with Gasteiger partial charge in [0.25, 0.3) is 0 Å². The molecule has 0 atom stereocenters. The molecule has 0 fully saturated rings. The summed E-state index contributed by atoms with van der Waals surface area (Å²) >= 11 is 0. The number of nitrogens with two attached hydrogens (primary N) is 1. The number of carbonyl (C=O) groups is 1. The monoisotopic (exact) mass is 307 g/mol. The second-order valence-electron chi connectivity index (χ2n) is 5.21. The third kappa shape index (κ3) is 2.68. The van der Waals surface area contributed by atoms with Gasteiger partial charge in [-0.05, 0) is 24.6 Å². The van der Waals surface area contributed by atoms with Gasteiger partial charge in [-0.3, -0.25) is 0 Å². The SMILES string of the molecule is COC(=O)c1nn(-c2ccc(C)cc2)c(N)c1-c1ccccc1. The predicted octanol–water partition coefficient (Wildman–Crippen LogP) is 3.22. The zero-order valence-corrected chi connectivity index (χ0v) is 13.0. The Bertz CT molecular complexity index is 837. The molecule has 2 N–H and O–H groups in total. The van der Waals surface area contributed by atoms with Crippen LogP contribution in [0.25, 0.3) is 16.8 Å². The van der Waals surface area contributed by atoms with Crippen LogP contribution in [0.1, 0.15) is 16.1 Å². The molecule has 0 bridgehead atoms. The number of aryl methyl sites for hydroxylation is 1. The number of hydrogen-bond donors (Lipinski definition) is 1. The normalized spacial score (nSPS) is 10.5. The molecule has 0 unspecified atom stereocenters. The van der Waals surface area contributed by atoms with E-state index in [1.807, 2.05) is 61.5 Å². The van der Waals surface area contributed by atoms with Gasteiger partial charge in [0.15, 0.2) is 5.69 Å². The Balaban J connectivity index is 2.22. The number of ether oxygens (including phenoxy) is 1. The van der Waals surface area contributed by atoms with E-state index >= 15 is 0 Å². The summed E-state index contributed by atoms with van der Waals surface area (Å²) in [6.07, 6.45) is 0. The van der Waals surface area contributed by atoms with Crippen molar-refractivity contribution in [3.05, 3.63) is 65.9 Å². The minimum atomic E-state index is -0.513. The van der Waals surface area contributed by atoms with Crippen molar-refractivity contribution in [3.8, 4) is 16.8 Å². The van der Waals surface area contributed by atoms with Crippen molar-refractivity contribution in [2.24, 2.45) is 0 Å². The molecule has 0 aliphatic carbocycles. The molecule has 3 rings (SSSR count). The van der Waals surface area contributed by atoms with Crippen molar-refractivity contribution in [2.45, 2.75) is 6.92 Å². The van der Waals surface area contributed by atoms with Gasteiger partial charge in [-0.15, -0.1) is 0 Å². The van der Waals surface area contributed by atoms with Gasteiger partial charge in [0.1, 0.15) is 5.82 Å². The molecule has 0 amide bonds. The molecule has 5 heteroatoms. The summed E-state index contributed by atoms with van der Waals surface area (Å²) in [5.41, 5.74) is 9.83. The number of aromatic nitrogens is 2. The molecule has 1 aromatic heterocycles. The second-order valence-corrected chi connectivity index (χ2v) is 5.21. The molecule has 0 spiro atoms. The Labute approximate surface area is 134 Å². The van der Waals surface area contributed by atoms with Crippen molar-refractivity contribution in [1.29, 1.82) is 0 Å². The van der Waals surface area contributed by atoms with Crippen LogP contribution in [-0.2, 0) is 4.74 Å². The first kappa shape index (κ1) is 14.8. The van der Waals surface area contributed by atoms with Crippen LogP contribution in [0, 0.1) is 6.92 Å². The highest BCUT2D eigenvalue weighted by Crippen LogP contribution is 2.32. The lowest BCUT2D eigenvalue weighted by atomic mass is 10.1. The fourth-order valence-corrected chi connectivity index (χ4v) is 2.44. The molecular weight excluding hydrogens is 290 g/mol. The molecule has 0 saturated heterocycles. The zero-order valence-electron chi connectivity index (χ0n) is 13.0. The fourth-order valence-electron chi connectivity index (χ4n) is 2.44. The largest absolute Gasteiger partial charge is 0.464 e. The van der Waals surface area contributed by atoms with Crippen molar-refractivity contribution in [2.75, 3.05) is 12.8 Å². The van der Waals surface area contributed by atoms with E-state index in [1.165, 1.54) is 7.11 Å². The summed E-state index contributed by atoms with van der Waals surface area (Å²) in [5, 5.41) is 4.37. The Hall–Kier alpha value is -3.08. The van der Waals surface area contributed by atoms with Crippen molar-refractivity contribution in [3.63, 3.8) is 0 Å². The second kappa shape index (κ2) is 5.96. The van der Waals surface area contributed by atoms with Crippen LogP contribution in [0.5, 0.6) is 0 Å². The Morgan fingerprint density at radius 3 is 2.35 bits per heavy atom. The summed E-state index contributed by atoms with van der Waals surface area (Å²) in [6, 6.07) is 17.2. The number of methoxy groups -OCH3 is 1. The van der Waals surface area contributed by atoms with Gasteiger partial charge in [0.05, 0.1) is 18.4 Å². The smallest absolute Gasteiger partial charge is 0.359 e. The number of hydrogen-bond acceptors (Lipinski definition) is 4. The van der Waals surface area contributed by atoms with Crippen molar-refractivity contribution in [1.82, 2.24) is 9.78 Å². The lowest BCUT2D eigenvalue weighted by molar-refractivity contribution is 0.0594. The molecule has 5 nitrogen and oxygen atoms in total. The maximum Gasteiger partial charge on any atom is 0.359 e. The summed E-state index contributed by atoms with van der Waals surface area (Å²) in [4.78, 5) is 12.1. The molecule has 23 heavy (non-hydrogen) atoms. The number of anilines is 1. The van der Waals surface area contributed by atoms with Crippen LogP contribution in [0.4, 0.5) is 5.82 Å². The van der Waals surface area contributed by atoms with Gasteiger partial charge in [0.2, 0.25) is 0 Å². The fraction of sp³-hybridized carbons (Fsp3) is 0.111. The molecule has 0 saturated carbocycles. The summed E-state index contributed by atoms with van der Waals surface area (Å²) in [7, 11) is 1.33. The number of carbonyl (C=O) groups excluding carboxylic acids is 1. The predicted molar refractivity (Wildman–Crippen MR) is 89.5 cm³/mol. The van der Waals surface area contributed by atoms with Crippen LogP contribution in [0.15, 0.2) is 54.6 Å². The first-order valence-electron chi connectivity index (χ1n) is 7.21. The van der Waals surface area contributed by atoms with Crippen molar-refractivity contribution >= 4 is 11.8 Å². The van der Waals surface area contributed by atoms with Crippen LogP contribution in [-0.4, -0.2) is 22.9 Å². The highest BCUT2D eigenvalue weighted by molar-refractivity contribution is 5.98. The molecule has 3 aromatic rings. The Morgan fingerprint density at radius 2 is 1.74 bits per heavy atom. The quantitative estimate of drug-likeness (QED) is 0.754. The highest BCUT2D eigenvalue weighted by atomic mass is 16.5. The number of rotatable bonds is 3. The van der Waals surface area contributed by atoms with Crippen LogP contribution >= 0.6 is 0 Å². The topological polar surface area (TPSA) is 70.1 Å². The van der Waals surface area contributed by atoms with E-state index in [9.17, 15) is 4.79 Å². The van der Waals surface area contributed by atoms with Gasteiger partial charge in [-0.25, -0.2) is 9.48 Å². The average Bonchev–Trinajstić information content (AvgIpc) is 2.93. The number of nitrogens with zero attached hydrogens (tertiary/aromatic N) is 2. The van der Waals surface area contributed by atoms with Gasteiger partial charge in [-0.1, -0.05) is 48.0 Å². The molecule has 116 valence electrons. The summed E-state index contributed by atoms with van der Waals surface area (Å²) in [5.74, 6) is -0.109. The molecule has 0 radical (unpaired) electrons. The maximum atomic E-state index is 12.1. The molecule has 0 aliphatic heterocycles. The Kier molecular flexibility index (Phi) is 3.85. The van der Waals surface area contributed by atoms with Crippen molar-refractivity contribution < 1.29 is 9.53 Å². The number of benzene rings is 2. The van der Waals surface area contributed by atoms with Gasteiger partial charge in [0, 0.05) is 0 Å². The number of nitrogen functional groups attached to an aromatic ring is 1. The lowest BCUT2D eigenvalue weighted by Gasteiger charge is -2.05. The molecular formula is C18H17N3O2. The first-order valence-corrected chi connectivity index (χ1v) is 7.21. The van der Waals surface area contributed by atoms with E-state index in [4.69, 9.17) is 10.5 Å². The molecule has 1 heterocycles. The van der Waals surface area contributed by atoms with Crippen LogP contribution < -0.4 is 5.73 Å². The van der Waals surface area contributed by atoms with E-state index in [2.05, 4.69) is 5.10 Å². The average molecular weight is 307 g/mol. The molecule has 0 aliphatic rings.